The van der Waals surface area contributed by atoms with Crippen LogP contribution in [-0.2, 0) is 27.0 Å². The van der Waals surface area contributed by atoms with Gasteiger partial charge in [-0.15, -0.1) is 12.4 Å². The molecule has 8 heteroatoms. The molecule has 0 fully saturated rings. The molecule has 0 aliphatic heterocycles. The summed E-state index contributed by atoms with van der Waals surface area (Å²) in [6.07, 6.45) is 1.55. The zero-order valence-electron chi connectivity index (χ0n) is 18.8. The van der Waals surface area contributed by atoms with Gasteiger partial charge in [-0.05, 0) is 18.9 Å². The van der Waals surface area contributed by atoms with Gasteiger partial charge in [0.05, 0.1) is 9.07 Å². The van der Waals surface area contributed by atoms with Crippen molar-refractivity contribution < 1.29 is 5.48 Å². The summed E-state index contributed by atoms with van der Waals surface area (Å²) in [5.41, 5.74) is -0.527. The molecule has 1 atom stereocenters. The van der Waals surface area contributed by atoms with Crippen molar-refractivity contribution in [3.63, 3.8) is 0 Å². The number of hydrogen-bond donors (Lipinski definition) is 1. The zero-order valence-corrected chi connectivity index (χ0v) is 15.6. The third kappa shape index (κ3) is 3.89. The molecule has 0 amide bonds. The molecule has 0 bridgehead atoms. The average Bonchev–Trinajstić information content (AvgIpc) is 3.10. The first-order valence-corrected chi connectivity index (χ1v) is 7.92. The molecule has 0 saturated carbocycles. The van der Waals surface area contributed by atoms with Gasteiger partial charge < -0.3 is 9.88 Å². The van der Waals surface area contributed by atoms with Gasteiger partial charge in [0.15, 0.2) is 11.2 Å². The van der Waals surface area contributed by atoms with Crippen LogP contribution in [0, 0.1) is 0 Å². The molecule has 26 heavy (non-hydrogen) atoms. The molecular weight excluding hydrogens is 354 g/mol. The van der Waals surface area contributed by atoms with E-state index in [9.17, 15) is 9.59 Å². The number of nitrogens with one attached hydrogen (secondary N) is 1. The number of halogens is 1. The highest BCUT2D eigenvalue weighted by molar-refractivity contribution is 5.85. The van der Waals surface area contributed by atoms with Crippen molar-refractivity contribution in [2.45, 2.75) is 25.9 Å². The van der Waals surface area contributed by atoms with Crippen molar-refractivity contribution >= 4 is 23.6 Å². The SMILES string of the molecule is Cl.[2H]C([2H])(NC(C)Cc1ccccc1)C([2H])([2H])n1cnc2c1c(=O)n(C)c(=O)n2C. The largest absolute Gasteiger partial charge is 0.332 e. The highest BCUT2D eigenvalue weighted by Gasteiger charge is 2.14. The van der Waals surface area contributed by atoms with Gasteiger partial charge in [0.25, 0.3) is 5.56 Å². The van der Waals surface area contributed by atoms with Gasteiger partial charge in [-0.3, -0.25) is 13.9 Å². The monoisotopic (exact) mass is 381 g/mol. The number of nitrogens with zero attached hydrogens (tertiary/aromatic N) is 4. The Balaban J connectivity index is 0.00000320. The Morgan fingerprint density at radius 1 is 1.19 bits per heavy atom. The van der Waals surface area contributed by atoms with Crippen molar-refractivity contribution in [1.82, 2.24) is 24.0 Å². The first-order valence-electron chi connectivity index (χ1n) is 9.92. The molecule has 1 unspecified atom stereocenters. The molecule has 0 aliphatic carbocycles. The first-order chi connectivity index (χ1) is 13.5. The maximum absolute atomic E-state index is 12.6. The van der Waals surface area contributed by atoms with E-state index in [0.717, 1.165) is 25.6 Å². The fourth-order valence-electron chi connectivity index (χ4n) is 2.66. The topological polar surface area (TPSA) is 73.8 Å². The molecule has 0 radical (unpaired) electrons. The number of aromatic nitrogens is 4. The highest BCUT2D eigenvalue weighted by Crippen LogP contribution is 2.05. The van der Waals surface area contributed by atoms with E-state index in [1.807, 2.05) is 30.3 Å². The summed E-state index contributed by atoms with van der Waals surface area (Å²) in [7, 11) is 2.71. The lowest BCUT2D eigenvalue weighted by atomic mass is 10.1. The van der Waals surface area contributed by atoms with Crippen molar-refractivity contribution in [2.75, 3.05) is 6.50 Å². The van der Waals surface area contributed by atoms with Crippen LogP contribution in [0.4, 0.5) is 0 Å². The molecule has 2 heterocycles. The number of imidazole rings is 1. The number of hydrogen-bond acceptors (Lipinski definition) is 4. The molecule has 7 nitrogen and oxygen atoms in total. The Morgan fingerprint density at radius 3 is 2.58 bits per heavy atom. The minimum absolute atomic E-state index is 0. The molecule has 0 aliphatic rings. The van der Waals surface area contributed by atoms with Crippen LogP contribution in [0.5, 0.6) is 0 Å². The Labute approximate surface area is 163 Å². The van der Waals surface area contributed by atoms with Crippen molar-refractivity contribution in [3.05, 3.63) is 63.1 Å². The molecule has 2 aromatic heterocycles. The van der Waals surface area contributed by atoms with Crippen LogP contribution in [0.1, 0.15) is 18.0 Å². The number of benzene rings is 1. The third-order valence-electron chi connectivity index (χ3n) is 4.03. The van der Waals surface area contributed by atoms with E-state index >= 15 is 0 Å². The molecule has 1 aromatic carbocycles. The second-order valence-corrected chi connectivity index (χ2v) is 5.96. The lowest BCUT2D eigenvalue weighted by Crippen LogP contribution is -2.38. The molecule has 0 saturated heterocycles. The van der Waals surface area contributed by atoms with Gasteiger partial charge in [0, 0.05) is 35.9 Å². The van der Waals surface area contributed by atoms with Gasteiger partial charge in [-0.25, -0.2) is 9.78 Å². The number of fused-ring (bicyclic) bond motifs is 1. The maximum atomic E-state index is 12.6. The van der Waals surface area contributed by atoms with Crippen LogP contribution in [0.3, 0.4) is 0 Å². The van der Waals surface area contributed by atoms with E-state index < -0.39 is 24.2 Å². The van der Waals surface area contributed by atoms with E-state index in [1.54, 1.807) is 6.92 Å². The maximum Gasteiger partial charge on any atom is 0.332 e. The van der Waals surface area contributed by atoms with Crippen LogP contribution < -0.4 is 16.6 Å². The van der Waals surface area contributed by atoms with Gasteiger partial charge in [0.1, 0.15) is 0 Å². The Kier molecular flexibility index (Phi) is 4.73. The highest BCUT2D eigenvalue weighted by atomic mass is 35.5. The molecule has 3 aromatic rings. The van der Waals surface area contributed by atoms with E-state index in [1.165, 1.54) is 14.1 Å². The molecular formula is C18H24ClN5O2. The van der Waals surface area contributed by atoms with E-state index in [0.29, 0.717) is 6.42 Å². The number of rotatable bonds is 6. The summed E-state index contributed by atoms with van der Waals surface area (Å²) in [5, 5.41) is 2.69. The number of aryl methyl sites for hydroxylation is 2. The molecule has 0 spiro atoms. The third-order valence-corrected chi connectivity index (χ3v) is 4.03. The first kappa shape index (κ1) is 14.8. The minimum atomic E-state index is -2.66. The van der Waals surface area contributed by atoms with Gasteiger partial charge in [-0.2, -0.15) is 0 Å². The van der Waals surface area contributed by atoms with E-state index in [4.69, 9.17) is 5.48 Å². The van der Waals surface area contributed by atoms with Crippen LogP contribution in [0.25, 0.3) is 11.2 Å². The van der Waals surface area contributed by atoms with Gasteiger partial charge >= 0.3 is 5.69 Å². The van der Waals surface area contributed by atoms with Crippen LogP contribution in [0.2, 0.25) is 0 Å². The normalized spacial score (nSPS) is 15.5. The van der Waals surface area contributed by atoms with E-state index in [2.05, 4.69) is 10.3 Å². The van der Waals surface area contributed by atoms with Crippen LogP contribution in [-0.4, -0.2) is 31.2 Å². The van der Waals surface area contributed by atoms with E-state index in [-0.39, 0.29) is 29.6 Å². The predicted octanol–water partition coefficient (Wildman–Crippen LogP) is 1.08. The average molecular weight is 382 g/mol. The van der Waals surface area contributed by atoms with Crippen LogP contribution in [0.15, 0.2) is 46.2 Å². The quantitative estimate of drug-likeness (QED) is 0.693. The zero-order chi connectivity index (χ0) is 21.6. The van der Waals surface area contributed by atoms with Gasteiger partial charge in [0.2, 0.25) is 0 Å². The Bertz CT molecular complexity index is 1160. The molecule has 1 N–H and O–H groups in total. The summed E-state index contributed by atoms with van der Waals surface area (Å²) in [6, 6.07) is 9.09. The standard InChI is InChI=1S/C18H23N5O2.ClH/c1-13(11-14-7-5-4-6-8-14)19-9-10-23-12-20-16-15(23)17(24)22(3)18(25)21(16)2;/h4-8,12-13,19H,9-11H2,1-3H3;1H/i9D2,10D2;. The lowest BCUT2D eigenvalue weighted by Gasteiger charge is -2.14. The minimum Gasteiger partial charge on any atom is -0.323 e. The summed E-state index contributed by atoms with van der Waals surface area (Å²) in [5.74, 6) is 0. The Morgan fingerprint density at radius 2 is 1.88 bits per heavy atom. The molecule has 140 valence electrons. The second kappa shape index (κ2) is 8.33. The smallest absolute Gasteiger partial charge is 0.323 e. The lowest BCUT2D eigenvalue weighted by molar-refractivity contribution is 0.515. The van der Waals surface area contributed by atoms with Crippen molar-refractivity contribution in [1.29, 1.82) is 0 Å². The summed E-state index contributed by atoms with van der Waals surface area (Å²) in [4.78, 5) is 28.7. The summed E-state index contributed by atoms with van der Waals surface area (Å²) >= 11 is 0. The van der Waals surface area contributed by atoms with Gasteiger partial charge in [-0.1, -0.05) is 30.3 Å². The van der Waals surface area contributed by atoms with Crippen molar-refractivity contribution in [2.24, 2.45) is 14.1 Å². The summed E-state index contributed by atoms with van der Waals surface area (Å²) < 4.78 is 36.4. The molecule has 3 rings (SSSR count). The fourth-order valence-corrected chi connectivity index (χ4v) is 2.66. The Hall–Kier alpha value is -2.38. The predicted molar refractivity (Wildman–Crippen MR) is 105 cm³/mol. The van der Waals surface area contributed by atoms with Crippen molar-refractivity contribution in [3.8, 4) is 0 Å². The second-order valence-electron chi connectivity index (χ2n) is 5.96. The summed E-state index contributed by atoms with van der Waals surface area (Å²) in [6.45, 7) is -3.43. The fraction of sp³-hybridized carbons (Fsp3) is 0.389. The van der Waals surface area contributed by atoms with Crippen LogP contribution >= 0.6 is 12.4 Å².